The summed E-state index contributed by atoms with van der Waals surface area (Å²) in [5, 5.41) is 0. The van der Waals surface area contributed by atoms with Crippen molar-refractivity contribution in [2.45, 2.75) is 38.6 Å². The molecule has 0 aromatic heterocycles. The normalized spacial score (nSPS) is 20.1. The Hall–Kier alpha value is -1.90. The van der Waals surface area contributed by atoms with Crippen LogP contribution in [0.4, 0.5) is 0 Å². The third-order valence-electron chi connectivity index (χ3n) is 4.00. The van der Waals surface area contributed by atoms with Crippen LogP contribution in [0, 0.1) is 0 Å². The molecule has 1 heterocycles. The Kier molecular flexibility index (Phi) is 4.94. The Bertz CT molecular complexity index is 644. The molecule has 0 aliphatic carbocycles. The van der Waals surface area contributed by atoms with Gasteiger partial charge in [-0.25, -0.2) is 0 Å². The molecular formula is C21H24O2. The van der Waals surface area contributed by atoms with Crippen LogP contribution in [0.15, 0.2) is 66.7 Å². The molecule has 3 rings (SSSR count). The third kappa shape index (κ3) is 4.54. The van der Waals surface area contributed by atoms with E-state index in [0.717, 1.165) is 6.42 Å². The Morgan fingerprint density at radius 2 is 1.65 bits per heavy atom. The summed E-state index contributed by atoms with van der Waals surface area (Å²) in [6.45, 7) is 5.46. The highest BCUT2D eigenvalue weighted by Gasteiger charge is 2.28. The van der Waals surface area contributed by atoms with Gasteiger partial charge < -0.3 is 9.47 Å². The molecule has 2 nitrogen and oxygen atoms in total. The fraction of sp³-hybridized carbons (Fsp3) is 0.333. The van der Waals surface area contributed by atoms with Crippen molar-refractivity contribution in [3.8, 4) is 0 Å². The monoisotopic (exact) mass is 308 g/mol. The van der Waals surface area contributed by atoms with Crippen LogP contribution in [0.3, 0.4) is 0 Å². The van der Waals surface area contributed by atoms with Crippen LogP contribution in [-0.4, -0.2) is 18.3 Å². The van der Waals surface area contributed by atoms with Gasteiger partial charge in [-0.05, 0) is 36.6 Å². The summed E-state index contributed by atoms with van der Waals surface area (Å²) in [5.41, 5.74) is 3.55. The molecule has 120 valence electrons. The molecule has 1 unspecified atom stereocenters. The van der Waals surface area contributed by atoms with E-state index < -0.39 is 0 Å². The second kappa shape index (κ2) is 7.12. The molecule has 0 radical (unpaired) electrons. The number of rotatable bonds is 5. The average Bonchev–Trinajstić information content (AvgIpc) is 2.55. The smallest absolute Gasteiger partial charge is 0.0860 e. The van der Waals surface area contributed by atoms with E-state index in [1.165, 1.54) is 16.7 Å². The van der Waals surface area contributed by atoms with Crippen LogP contribution < -0.4 is 0 Å². The Morgan fingerprint density at radius 3 is 2.35 bits per heavy atom. The van der Waals surface area contributed by atoms with Crippen molar-refractivity contribution < 1.29 is 9.47 Å². The van der Waals surface area contributed by atoms with Gasteiger partial charge in [0.1, 0.15) is 0 Å². The van der Waals surface area contributed by atoms with E-state index in [9.17, 15) is 0 Å². The summed E-state index contributed by atoms with van der Waals surface area (Å²) in [6.07, 6.45) is 3.21. The average molecular weight is 308 g/mol. The van der Waals surface area contributed by atoms with Crippen LogP contribution in [0.5, 0.6) is 0 Å². The van der Waals surface area contributed by atoms with Gasteiger partial charge >= 0.3 is 0 Å². The Labute approximate surface area is 138 Å². The molecule has 0 amide bonds. The molecule has 2 aromatic carbocycles. The highest BCUT2D eigenvalue weighted by atomic mass is 16.5. The van der Waals surface area contributed by atoms with Crippen molar-refractivity contribution in [1.82, 2.24) is 0 Å². The minimum Gasteiger partial charge on any atom is -0.374 e. The van der Waals surface area contributed by atoms with Crippen molar-refractivity contribution in [2.24, 2.45) is 0 Å². The zero-order valence-corrected chi connectivity index (χ0v) is 13.9. The quantitative estimate of drug-likeness (QED) is 0.786. The number of benzene rings is 2. The van der Waals surface area contributed by atoms with E-state index in [4.69, 9.17) is 9.47 Å². The van der Waals surface area contributed by atoms with Crippen molar-refractivity contribution >= 4 is 5.57 Å². The van der Waals surface area contributed by atoms with Crippen LogP contribution in [0.2, 0.25) is 0 Å². The summed E-state index contributed by atoms with van der Waals surface area (Å²) in [6, 6.07) is 20.8. The number of ether oxygens (including phenoxy) is 2. The summed E-state index contributed by atoms with van der Waals surface area (Å²) in [5.74, 6) is 0. The highest BCUT2D eigenvalue weighted by Crippen LogP contribution is 2.32. The molecule has 0 saturated carbocycles. The largest absolute Gasteiger partial charge is 0.374 e. The first-order valence-electron chi connectivity index (χ1n) is 8.19. The summed E-state index contributed by atoms with van der Waals surface area (Å²) in [4.78, 5) is 0. The zero-order chi connectivity index (χ0) is 16.1. The molecule has 1 atom stereocenters. The number of hydrogen-bond acceptors (Lipinski definition) is 2. The lowest BCUT2D eigenvalue weighted by molar-refractivity contribution is -0.0844. The van der Waals surface area contributed by atoms with Gasteiger partial charge in [-0.2, -0.15) is 0 Å². The van der Waals surface area contributed by atoms with Gasteiger partial charge in [0, 0.05) is 6.42 Å². The topological polar surface area (TPSA) is 18.5 Å². The van der Waals surface area contributed by atoms with Crippen molar-refractivity contribution in [2.75, 3.05) is 6.61 Å². The van der Waals surface area contributed by atoms with E-state index in [-0.39, 0.29) is 11.7 Å². The van der Waals surface area contributed by atoms with E-state index in [1.807, 2.05) is 18.2 Å². The molecule has 1 aliphatic heterocycles. The second-order valence-electron chi connectivity index (χ2n) is 6.58. The van der Waals surface area contributed by atoms with E-state index in [0.29, 0.717) is 13.2 Å². The number of hydrogen-bond donors (Lipinski definition) is 0. The molecule has 0 bridgehead atoms. The maximum absolute atomic E-state index is 6.16. The maximum Gasteiger partial charge on any atom is 0.0860 e. The molecule has 0 spiro atoms. The van der Waals surface area contributed by atoms with Crippen LogP contribution >= 0.6 is 0 Å². The molecule has 0 saturated heterocycles. The van der Waals surface area contributed by atoms with Crippen LogP contribution in [0.1, 0.15) is 31.4 Å². The molecule has 1 aliphatic rings. The lowest BCUT2D eigenvalue weighted by atomic mass is 9.91. The Morgan fingerprint density at radius 1 is 1.00 bits per heavy atom. The predicted octanol–water partition coefficient (Wildman–Crippen LogP) is 4.85. The first kappa shape index (κ1) is 16.0. The minimum atomic E-state index is -0.260. The molecule has 23 heavy (non-hydrogen) atoms. The minimum absolute atomic E-state index is 0.0916. The van der Waals surface area contributed by atoms with Crippen molar-refractivity contribution in [1.29, 1.82) is 0 Å². The van der Waals surface area contributed by atoms with Gasteiger partial charge in [-0.1, -0.05) is 60.7 Å². The first-order valence-corrected chi connectivity index (χ1v) is 8.19. The summed E-state index contributed by atoms with van der Waals surface area (Å²) >= 11 is 0. The van der Waals surface area contributed by atoms with Gasteiger partial charge in [-0.3, -0.25) is 0 Å². The van der Waals surface area contributed by atoms with Crippen LogP contribution in [-0.2, 0) is 16.1 Å². The van der Waals surface area contributed by atoms with Crippen molar-refractivity contribution in [3.05, 3.63) is 77.9 Å². The molecule has 2 aromatic rings. The molecule has 0 fully saturated rings. The van der Waals surface area contributed by atoms with Gasteiger partial charge in [0.05, 0.1) is 24.9 Å². The maximum atomic E-state index is 6.16. The molecular weight excluding hydrogens is 284 g/mol. The van der Waals surface area contributed by atoms with E-state index in [1.54, 1.807) is 0 Å². The summed E-state index contributed by atoms with van der Waals surface area (Å²) < 4.78 is 12.0. The third-order valence-corrected chi connectivity index (χ3v) is 4.00. The van der Waals surface area contributed by atoms with Gasteiger partial charge in [0.25, 0.3) is 0 Å². The first-order chi connectivity index (χ1) is 11.1. The lowest BCUT2D eigenvalue weighted by Crippen LogP contribution is -2.35. The SMILES string of the molecule is CC1(C)C=C(c2ccccc2)CC(COCc2ccccc2)O1. The van der Waals surface area contributed by atoms with Crippen LogP contribution in [0.25, 0.3) is 5.57 Å². The van der Waals surface area contributed by atoms with Gasteiger partial charge in [0.2, 0.25) is 0 Å². The zero-order valence-electron chi connectivity index (χ0n) is 13.9. The lowest BCUT2D eigenvalue weighted by Gasteiger charge is -2.34. The fourth-order valence-corrected chi connectivity index (χ4v) is 3.06. The Balaban J connectivity index is 1.62. The predicted molar refractivity (Wildman–Crippen MR) is 94.1 cm³/mol. The van der Waals surface area contributed by atoms with Gasteiger partial charge in [0.15, 0.2) is 0 Å². The van der Waals surface area contributed by atoms with E-state index in [2.05, 4.69) is 62.4 Å². The van der Waals surface area contributed by atoms with Gasteiger partial charge in [-0.15, -0.1) is 0 Å². The van der Waals surface area contributed by atoms with E-state index >= 15 is 0 Å². The second-order valence-corrected chi connectivity index (χ2v) is 6.58. The fourth-order valence-electron chi connectivity index (χ4n) is 3.06. The standard InChI is InChI=1S/C21H24O2/c1-21(2)14-19(18-11-7-4-8-12-18)13-20(23-21)16-22-15-17-9-5-3-6-10-17/h3-12,14,20H,13,15-16H2,1-2H3. The summed E-state index contributed by atoms with van der Waals surface area (Å²) in [7, 11) is 0. The molecule has 2 heteroatoms. The van der Waals surface area contributed by atoms with Crippen molar-refractivity contribution in [3.63, 3.8) is 0 Å². The molecule has 0 N–H and O–H groups in total. The highest BCUT2D eigenvalue weighted by molar-refractivity contribution is 5.67.